The van der Waals surface area contributed by atoms with Gasteiger partial charge in [-0.05, 0) is 20.8 Å². The van der Waals surface area contributed by atoms with Crippen LogP contribution in [0.3, 0.4) is 0 Å². The van der Waals surface area contributed by atoms with E-state index in [1.54, 1.807) is 11.0 Å². The Morgan fingerprint density at radius 1 is 1.31 bits per heavy atom. The minimum Gasteiger partial charge on any atom is -0.444 e. The van der Waals surface area contributed by atoms with Crippen LogP contribution in [0.2, 0.25) is 5.15 Å². The minimum atomic E-state index is -0.507. The number of anilines is 2. The summed E-state index contributed by atoms with van der Waals surface area (Å²) in [4.78, 5) is 15.8. The molecule has 0 aromatic carbocycles. The van der Waals surface area contributed by atoms with Crippen LogP contribution in [0.15, 0.2) is 6.07 Å². The van der Waals surface area contributed by atoms with Crippen LogP contribution in [0, 0.1) is 0 Å². The molecule has 2 fully saturated rings. The first kappa shape index (κ1) is 20.5. The van der Waals surface area contributed by atoms with E-state index in [1.165, 1.54) is 0 Å². The molecule has 1 aromatic rings. The van der Waals surface area contributed by atoms with Crippen LogP contribution in [0.5, 0.6) is 0 Å². The molecule has 3 rings (SSSR count). The first-order valence-corrected chi connectivity index (χ1v) is 9.21. The Balaban J connectivity index is 0.00000117. The maximum atomic E-state index is 12.1. The molecule has 3 heterocycles. The van der Waals surface area contributed by atoms with E-state index in [0.29, 0.717) is 43.8 Å². The molecule has 146 valence electrons. The molecule has 8 nitrogen and oxygen atoms in total. The number of rotatable bonds is 1. The topological polar surface area (TPSA) is 93.8 Å². The van der Waals surface area contributed by atoms with E-state index in [9.17, 15) is 4.79 Å². The summed E-state index contributed by atoms with van der Waals surface area (Å²) in [5.41, 5.74) is 5.75. The first-order valence-electron chi connectivity index (χ1n) is 8.83. The van der Waals surface area contributed by atoms with Crippen molar-refractivity contribution >= 4 is 29.2 Å². The number of carbonyl (C=O) groups is 1. The van der Waals surface area contributed by atoms with Crippen LogP contribution in [0.1, 0.15) is 34.6 Å². The molecule has 0 saturated carbocycles. The molecular formula is C17H28ClN5O3. The van der Waals surface area contributed by atoms with Crippen molar-refractivity contribution in [3.05, 3.63) is 11.2 Å². The zero-order valence-corrected chi connectivity index (χ0v) is 16.8. The van der Waals surface area contributed by atoms with Crippen molar-refractivity contribution in [3.8, 4) is 0 Å². The smallest absolute Gasteiger partial charge is 0.410 e. The minimum absolute atomic E-state index is 0.295. The standard InChI is InChI=1S/C15H22ClN5O3.C2H6/c1-14(2,3)24-13(22)21-8-15(9-21)7-20(4-5-23-15)10-6-11(16)18-19-12(10)17;1-2/h6H,4-5,7-9H2,1-3H3,(H2,17,19);1-2H3. The van der Waals surface area contributed by atoms with E-state index in [0.717, 1.165) is 5.69 Å². The van der Waals surface area contributed by atoms with Crippen LogP contribution < -0.4 is 10.6 Å². The first-order chi connectivity index (χ1) is 12.2. The van der Waals surface area contributed by atoms with E-state index >= 15 is 0 Å². The Bertz CT molecular complexity index is 644. The van der Waals surface area contributed by atoms with Gasteiger partial charge in [0.25, 0.3) is 0 Å². The van der Waals surface area contributed by atoms with Gasteiger partial charge in [0.1, 0.15) is 11.2 Å². The van der Waals surface area contributed by atoms with Gasteiger partial charge in [0, 0.05) is 12.6 Å². The van der Waals surface area contributed by atoms with E-state index in [-0.39, 0.29) is 6.09 Å². The highest BCUT2D eigenvalue weighted by molar-refractivity contribution is 6.29. The number of hydrogen-bond donors (Lipinski definition) is 1. The predicted molar refractivity (Wildman–Crippen MR) is 102 cm³/mol. The van der Waals surface area contributed by atoms with Gasteiger partial charge < -0.3 is 25.0 Å². The second-order valence-electron chi connectivity index (χ2n) is 7.23. The van der Waals surface area contributed by atoms with Crippen molar-refractivity contribution in [1.82, 2.24) is 15.1 Å². The van der Waals surface area contributed by atoms with E-state index in [4.69, 9.17) is 26.8 Å². The molecule has 0 atom stereocenters. The Morgan fingerprint density at radius 2 is 1.96 bits per heavy atom. The van der Waals surface area contributed by atoms with Crippen molar-refractivity contribution in [2.75, 3.05) is 43.4 Å². The van der Waals surface area contributed by atoms with Gasteiger partial charge in [-0.3, -0.25) is 0 Å². The van der Waals surface area contributed by atoms with Crippen molar-refractivity contribution in [1.29, 1.82) is 0 Å². The number of morpholine rings is 1. The van der Waals surface area contributed by atoms with Crippen LogP contribution in [-0.2, 0) is 9.47 Å². The van der Waals surface area contributed by atoms with Crippen LogP contribution >= 0.6 is 11.6 Å². The molecule has 0 bridgehead atoms. The van der Waals surface area contributed by atoms with Gasteiger partial charge in [0.2, 0.25) is 0 Å². The lowest BCUT2D eigenvalue weighted by Gasteiger charge is -2.53. The number of aromatic nitrogens is 2. The highest BCUT2D eigenvalue weighted by atomic mass is 35.5. The van der Waals surface area contributed by atoms with Crippen LogP contribution in [-0.4, -0.2) is 65.2 Å². The van der Waals surface area contributed by atoms with Gasteiger partial charge in [-0.2, -0.15) is 0 Å². The SMILES string of the molecule is CC.CC(C)(C)OC(=O)N1CC2(C1)CN(c1cc(Cl)nnc1N)CCO2. The van der Waals surface area contributed by atoms with E-state index in [2.05, 4.69) is 15.1 Å². The summed E-state index contributed by atoms with van der Waals surface area (Å²) in [7, 11) is 0. The average Bonchev–Trinajstić information content (AvgIpc) is 2.55. The highest BCUT2D eigenvalue weighted by Gasteiger charge is 2.50. The molecular weight excluding hydrogens is 358 g/mol. The average molecular weight is 386 g/mol. The van der Waals surface area contributed by atoms with Gasteiger partial charge in [0.05, 0.1) is 31.9 Å². The molecule has 2 N–H and O–H groups in total. The zero-order chi connectivity index (χ0) is 19.5. The maximum absolute atomic E-state index is 12.1. The third-order valence-electron chi connectivity index (χ3n) is 3.97. The molecule has 2 aliphatic heterocycles. The number of ether oxygens (including phenoxy) is 2. The summed E-state index contributed by atoms with van der Waals surface area (Å²) in [6.07, 6.45) is -0.318. The lowest BCUT2D eigenvalue weighted by Crippen LogP contribution is -2.71. The van der Waals surface area contributed by atoms with Gasteiger partial charge in [-0.25, -0.2) is 4.79 Å². The predicted octanol–water partition coefficient (Wildman–Crippen LogP) is 2.56. The van der Waals surface area contributed by atoms with Crippen molar-refractivity contribution in [2.24, 2.45) is 0 Å². The Morgan fingerprint density at radius 3 is 2.58 bits per heavy atom. The number of carbonyl (C=O) groups excluding carboxylic acids is 1. The molecule has 0 aliphatic carbocycles. The molecule has 0 radical (unpaired) electrons. The summed E-state index contributed by atoms with van der Waals surface area (Å²) < 4.78 is 11.3. The number of nitrogens with two attached hydrogens (primary N) is 1. The van der Waals surface area contributed by atoms with Gasteiger partial charge in [-0.1, -0.05) is 25.4 Å². The molecule has 0 unspecified atom stereocenters. The normalized spacial score (nSPS) is 18.7. The fourth-order valence-electron chi connectivity index (χ4n) is 2.97. The van der Waals surface area contributed by atoms with Gasteiger partial charge in [-0.15, -0.1) is 10.2 Å². The van der Waals surface area contributed by atoms with Crippen LogP contribution in [0.4, 0.5) is 16.3 Å². The summed E-state index contributed by atoms with van der Waals surface area (Å²) in [6.45, 7) is 12.4. The number of amides is 1. The monoisotopic (exact) mass is 385 g/mol. The summed E-state index contributed by atoms with van der Waals surface area (Å²) in [5.74, 6) is 0.333. The number of nitrogens with zero attached hydrogens (tertiary/aromatic N) is 4. The summed E-state index contributed by atoms with van der Waals surface area (Å²) in [6, 6.07) is 1.70. The van der Waals surface area contributed by atoms with E-state index < -0.39 is 11.2 Å². The molecule has 2 saturated heterocycles. The van der Waals surface area contributed by atoms with Gasteiger partial charge >= 0.3 is 6.09 Å². The largest absolute Gasteiger partial charge is 0.444 e. The molecule has 1 aromatic heterocycles. The molecule has 9 heteroatoms. The fraction of sp³-hybridized carbons (Fsp3) is 0.706. The fourth-order valence-corrected chi connectivity index (χ4v) is 3.11. The highest BCUT2D eigenvalue weighted by Crippen LogP contribution is 2.34. The summed E-state index contributed by atoms with van der Waals surface area (Å²) >= 11 is 5.92. The third kappa shape index (κ3) is 4.67. The lowest BCUT2D eigenvalue weighted by atomic mass is 9.92. The Kier molecular flexibility index (Phi) is 6.18. The summed E-state index contributed by atoms with van der Waals surface area (Å²) in [5, 5.41) is 7.89. The second-order valence-corrected chi connectivity index (χ2v) is 7.61. The quantitative estimate of drug-likeness (QED) is 0.793. The number of halogens is 1. The lowest BCUT2D eigenvalue weighted by molar-refractivity contribution is -0.144. The number of nitrogen functional groups attached to an aromatic ring is 1. The van der Waals surface area contributed by atoms with Gasteiger partial charge in [0.15, 0.2) is 11.0 Å². The Hall–Kier alpha value is -1.80. The van der Waals surface area contributed by atoms with Crippen molar-refractivity contribution in [3.63, 3.8) is 0 Å². The number of likely N-dealkylation sites (tertiary alicyclic amines) is 1. The molecule has 2 aliphatic rings. The second kappa shape index (κ2) is 7.84. The number of hydrogen-bond acceptors (Lipinski definition) is 7. The molecule has 1 amide bonds. The maximum Gasteiger partial charge on any atom is 0.410 e. The van der Waals surface area contributed by atoms with E-state index in [1.807, 2.05) is 34.6 Å². The molecule has 1 spiro atoms. The van der Waals surface area contributed by atoms with Crippen molar-refractivity contribution < 1.29 is 14.3 Å². The zero-order valence-electron chi connectivity index (χ0n) is 16.1. The Labute approximate surface area is 159 Å². The van der Waals surface area contributed by atoms with Crippen molar-refractivity contribution in [2.45, 2.75) is 45.8 Å². The molecule has 26 heavy (non-hydrogen) atoms. The third-order valence-corrected chi connectivity index (χ3v) is 4.16. The van der Waals surface area contributed by atoms with Crippen LogP contribution in [0.25, 0.3) is 0 Å².